The highest BCUT2D eigenvalue weighted by molar-refractivity contribution is 7.71. The van der Waals surface area contributed by atoms with E-state index in [1.807, 2.05) is 40.4 Å². The average molecular weight is 372 g/mol. The molecule has 26 heavy (non-hydrogen) atoms. The van der Waals surface area contributed by atoms with Crippen molar-refractivity contribution in [3.05, 3.63) is 52.6 Å². The van der Waals surface area contributed by atoms with Crippen LogP contribution in [0.4, 0.5) is 5.69 Å². The fourth-order valence-electron chi connectivity index (χ4n) is 3.36. The van der Waals surface area contributed by atoms with Crippen molar-refractivity contribution in [3.8, 4) is 0 Å². The highest BCUT2D eigenvalue weighted by Gasteiger charge is 2.20. The van der Waals surface area contributed by atoms with Crippen LogP contribution in [-0.4, -0.2) is 45.8 Å². The second kappa shape index (κ2) is 7.45. The van der Waals surface area contributed by atoms with Crippen LogP contribution in [0.3, 0.4) is 0 Å². The minimum atomic E-state index is 0.0333. The predicted molar refractivity (Wildman–Crippen MR) is 106 cm³/mol. The van der Waals surface area contributed by atoms with E-state index in [9.17, 15) is 4.79 Å². The quantitative estimate of drug-likeness (QED) is 0.599. The molecule has 2 aromatic rings. The molecule has 1 aromatic heterocycles. The van der Waals surface area contributed by atoms with Crippen molar-refractivity contribution in [2.45, 2.75) is 33.0 Å². The summed E-state index contributed by atoms with van der Waals surface area (Å²) in [6.45, 7) is 7.96. The first-order chi connectivity index (χ1) is 12.4. The van der Waals surface area contributed by atoms with Crippen LogP contribution in [0.5, 0.6) is 0 Å². The summed E-state index contributed by atoms with van der Waals surface area (Å²) in [5, 5.41) is 4.59. The van der Waals surface area contributed by atoms with Crippen molar-refractivity contribution < 1.29 is 4.79 Å². The lowest BCUT2D eigenvalue weighted by Crippen LogP contribution is -2.32. The summed E-state index contributed by atoms with van der Waals surface area (Å²) in [7, 11) is 3.55. The van der Waals surface area contributed by atoms with Gasteiger partial charge in [0.15, 0.2) is 4.77 Å². The third-order valence-electron chi connectivity index (χ3n) is 4.67. The number of aromatic nitrogens is 3. The van der Waals surface area contributed by atoms with Gasteiger partial charge in [0, 0.05) is 38.4 Å². The van der Waals surface area contributed by atoms with Crippen LogP contribution in [0.2, 0.25) is 0 Å². The first kappa shape index (κ1) is 18.4. The van der Waals surface area contributed by atoms with E-state index in [1.54, 1.807) is 19.0 Å². The van der Waals surface area contributed by atoms with E-state index in [2.05, 4.69) is 16.6 Å². The highest BCUT2D eigenvalue weighted by atomic mass is 32.1. The summed E-state index contributed by atoms with van der Waals surface area (Å²) >= 11 is 5.57. The van der Waals surface area contributed by atoms with Crippen LogP contribution in [0.15, 0.2) is 30.9 Å². The van der Waals surface area contributed by atoms with E-state index in [0.717, 1.165) is 36.5 Å². The Morgan fingerprint density at radius 2 is 2.19 bits per heavy atom. The molecule has 1 aliphatic rings. The summed E-state index contributed by atoms with van der Waals surface area (Å²) in [6, 6.07) is 5.97. The second-order valence-electron chi connectivity index (χ2n) is 6.78. The standard InChI is InChI=1S/C19H25N5OS/c1-5-10-23-14(2)20-24(19(23)26)13-22-11-6-7-15-12-16(8-9-17(15)22)18(25)21(3)4/h5,8-9,12H,1,6-7,10-11,13H2,2-4H3. The van der Waals surface area contributed by atoms with Crippen LogP contribution < -0.4 is 4.90 Å². The molecule has 0 saturated heterocycles. The summed E-state index contributed by atoms with van der Waals surface area (Å²) < 4.78 is 4.54. The second-order valence-corrected chi connectivity index (χ2v) is 7.15. The van der Waals surface area contributed by atoms with E-state index in [1.165, 1.54) is 5.56 Å². The zero-order chi connectivity index (χ0) is 18.8. The molecule has 0 spiro atoms. The van der Waals surface area contributed by atoms with Crippen molar-refractivity contribution in [1.82, 2.24) is 19.2 Å². The van der Waals surface area contributed by atoms with Gasteiger partial charge in [0.2, 0.25) is 0 Å². The minimum absolute atomic E-state index is 0.0333. The molecule has 0 saturated carbocycles. The number of hydrogen-bond acceptors (Lipinski definition) is 4. The van der Waals surface area contributed by atoms with Gasteiger partial charge in [0.1, 0.15) is 12.5 Å². The van der Waals surface area contributed by atoms with Crippen molar-refractivity contribution in [3.63, 3.8) is 0 Å². The van der Waals surface area contributed by atoms with Gasteiger partial charge in [-0.1, -0.05) is 6.08 Å². The molecule has 0 bridgehead atoms. The third-order valence-corrected chi connectivity index (χ3v) is 5.10. The smallest absolute Gasteiger partial charge is 0.253 e. The van der Waals surface area contributed by atoms with Crippen LogP contribution in [0, 0.1) is 11.7 Å². The van der Waals surface area contributed by atoms with Gasteiger partial charge in [0.05, 0.1) is 0 Å². The Bertz CT molecular complexity index is 896. The van der Waals surface area contributed by atoms with Crippen LogP contribution in [-0.2, 0) is 19.6 Å². The minimum Gasteiger partial charge on any atom is -0.352 e. The Hall–Kier alpha value is -2.41. The topological polar surface area (TPSA) is 46.3 Å². The summed E-state index contributed by atoms with van der Waals surface area (Å²) in [5.74, 6) is 0.921. The van der Waals surface area contributed by atoms with Crippen molar-refractivity contribution in [2.75, 3.05) is 25.5 Å². The Labute approximate surface area is 159 Å². The molecule has 1 aliphatic heterocycles. The maximum atomic E-state index is 12.2. The summed E-state index contributed by atoms with van der Waals surface area (Å²) in [5.41, 5.74) is 3.10. The summed E-state index contributed by atoms with van der Waals surface area (Å²) in [4.78, 5) is 16.1. The fraction of sp³-hybridized carbons (Fsp3) is 0.421. The van der Waals surface area contributed by atoms with Crippen LogP contribution in [0.25, 0.3) is 0 Å². The van der Waals surface area contributed by atoms with Gasteiger partial charge in [-0.05, 0) is 55.7 Å². The van der Waals surface area contributed by atoms with E-state index in [-0.39, 0.29) is 5.91 Å². The van der Waals surface area contributed by atoms with E-state index >= 15 is 0 Å². The zero-order valence-corrected chi connectivity index (χ0v) is 16.4. The first-order valence-electron chi connectivity index (χ1n) is 8.77. The molecule has 1 aromatic carbocycles. The van der Waals surface area contributed by atoms with Crippen molar-refractivity contribution >= 4 is 23.8 Å². The van der Waals surface area contributed by atoms with Crippen molar-refractivity contribution in [2.24, 2.45) is 0 Å². The summed E-state index contributed by atoms with van der Waals surface area (Å²) in [6.07, 6.45) is 3.86. The molecule has 0 radical (unpaired) electrons. The number of aryl methyl sites for hydroxylation is 2. The number of rotatable bonds is 5. The number of carbonyl (C=O) groups is 1. The number of anilines is 1. The predicted octanol–water partition coefficient (Wildman–Crippen LogP) is 3.02. The number of hydrogen-bond donors (Lipinski definition) is 0. The van der Waals surface area contributed by atoms with Gasteiger partial charge in [-0.25, -0.2) is 4.68 Å². The Morgan fingerprint density at radius 3 is 2.88 bits per heavy atom. The molecule has 0 fully saturated rings. The number of carbonyl (C=O) groups excluding carboxylic acids is 1. The molecule has 1 amide bonds. The molecule has 6 nitrogen and oxygen atoms in total. The van der Waals surface area contributed by atoms with Gasteiger partial charge >= 0.3 is 0 Å². The fourth-order valence-corrected chi connectivity index (χ4v) is 3.66. The lowest BCUT2D eigenvalue weighted by atomic mass is 9.99. The van der Waals surface area contributed by atoms with Crippen LogP contribution >= 0.6 is 12.2 Å². The van der Waals surface area contributed by atoms with Gasteiger partial charge in [-0.15, -0.1) is 6.58 Å². The monoisotopic (exact) mass is 371 g/mol. The number of fused-ring (bicyclic) bond motifs is 1. The molecule has 7 heteroatoms. The Morgan fingerprint density at radius 1 is 1.42 bits per heavy atom. The molecular weight excluding hydrogens is 346 g/mol. The largest absolute Gasteiger partial charge is 0.352 e. The van der Waals surface area contributed by atoms with Gasteiger partial charge in [0.25, 0.3) is 5.91 Å². The highest BCUT2D eigenvalue weighted by Crippen LogP contribution is 2.29. The Kier molecular flexibility index (Phi) is 5.27. The van der Waals surface area contributed by atoms with E-state index in [0.29, 0.717) is 18.0 Å². The number of amides is 1. The maximum Gasteiger partial charge on any atom is 0.253 e. The molecule has 0 N–H and O–H groups in total. The lowest BCUT2D eigenvalue weighted by molar-refractivity contribution is 0.0827. The Balaban J connectivity index is 1.89. The van der Waals surface area contributed by atoms with Gasteiger partial charge < -0.3 is 14.4 Å². The molecule has 0 unspecified atom stereocenters. The van der Waals surface area contributed by atoms with E-state index in [4.69, 9.17) is 12.2 Å². The average Bonchev–Trinajstić information content (AvgIpc) is 2.88. The molecule has 0 atom stereocenters. The normalized spacial score (nSPS) is 13.4. The van der Waals surface area contributed by atoms with Gasteiger partial charge in [-0.3, -0.25) is 4.79 Å². The zero-order valence-electron chi connectivity index (χ0n) is 15.6. The van der Waals surface area contributed by atoms with Crippen molar-refractivity contribution in [1.29, 1.82) is 0 Å². The SMILES string of the molecule is C=CCn1c(C)nn(CN2CCCc3cc(C(=O)N(C)C)ccc32)c1=S. The van der Waals surface area contributed by atoms with Gasteiger partial charge in [-0.2, -0.15) is 5.10 Å². The molecule has 138 valence electrons. The maximum absolute atomic E-state index is 12.2. The number of allylic oxidation sites excluding steroid dienone is 1. The third kappa shape index (κ3) is 3.44. The molecule has 0 aliphatic carbocycles. The first-order valence-corrected chi connectivity index (χ1v) is 9.18. The molecule has 3 rings (SSSR count). The number of benzene rings is 1. The molecular formula is C19H25N5OS. The molecule has 2 heterocycles. The lowest BCUT2D eigenvalue weighted by Gasteiger charge is -2.31. The number of nitrogens with zero attached hydrogens (tertiary/aromatic N) is 5. The van der Waals surface area contributed by atoms with Crippen LogP contribution in [0.1, 0.15) is 28.2 Å². The van der Waals surface area contributed by atoms with E-state index < -0.39 is 0 Å².